The van der Waals surface area contributed by atoms with Crippen LogP contribution in [0.1, 0.15) is 11.4 Å². The minimum Gasteiger partial charge on any atom is -0.375 e. The van der Waals surface area contributed by atoms with Gasteiger partial charge in [-0.05, 0) is 0 Å². The zero-order chi connectivity index (χ0) is 11.1. The monoisotopic (exact) mass is 235 g/mol. The van der Waals surface area contributed by atoms with Gasteiger partial charge in [0.05, 0.1) is 18.0 Å². The topological polar surface area (TPSA) is 39.2 Å². The van der Waals surface area contributed by atoms with Gasteiger partial charge in [0.1, 0.15) is 12.4 Å². The molecule has 3 nitrogen and oxygen atoms in total. The van der Waals surface area contributed by atoms with Crippen molar-refractivity contribution >= 4 is 17.1 Å². The summed E-state index contributed by atoms with van der Waals surface area (Å²) in [6.45, 7) is -0.556. The number of halogens is 2. The van der Waals surface area contributed by atoms with Crippen molar-refractivity contribution in [3.63, 3.8) is 0 Å². The second-order valence-corrected chi connectivity index (χ2v) is 3.84. The fourth-order valence-corrected chi connectivity index (χ4v) is 1.60. The van der Waals surface area contributed by atoms with E-state index in [1.165, 1.54) is 11.3 Å². The lowest BCUT2D eigenvalue weighted by Gasteiger charge is -2.01. The molecule has 0 bridgehead atoms. The van der Waals surface area contributed by atoms with Crippen LogP contribution in [0.4, 0.5) is 8.78 Å². The highest BCUT2D eigenvalue weighted by atomic mass is 32.1. The number of hydrogen-bond donors (Lipinski definition) is 0. The molecule has 0 amide bonds. The molecule has 1 heterocycles. The molecule has 0 unspecified atom stereocenters. The Morgan fingerprint density at radius 2 is 2.40 bits per heavy atom. The molecule has 0 aliphatic heterocycles. The lowest BCUT2D eigenvalue weighted by Crippen LogP contribution is -2.10. The third-order valence-electron chi connectivity index (χ3n) is 1.60. The van der Waals surface area contributed by atoms with E-state index >= 15 is 0 Å². The number of alkyl halides is 2. The highest BCUT2D eigenvalue weighted by Crippen LogP contribution is 2.06. The molecule has 0 aromatic carbocycles. The number of ether oxygens (including phenoxy) is 1. The van der Waals surface area contributed by atoms with Crippen molar-refractivity contribution in [1.82, 2.24) is 4.98 Å². The summed E-state index contributed by atoms with van der Waals surface area (Å²) in [7, 11) is 0. The van der Waals surface area contributed by atoms with Gasteiger partial charge in [0.15, 0.2) is 0 Å². The van der Waals surface area contributed by atoms with Crippen molar-refractivity contribution in [2.75, 3.05) is 13.2 Å². The van der Waals surface area contributed by atoms with E-state index in [9.17, 15) is 13.6 Å². The second-order valence-electron chi connectivity index (χ2n) is 2.86. The molecule has 0 saturated heterocycles. The van der Waals surface area contributed by atoms with Crippen LogP contribution in [0.15, 0.2) is 11.6 Å². The third-order valence-corrected chi connectivity index (χ3v) is 2.38. The van der Waals surface area contributed by atoms with Crippen LogP contribution in [0.25, 0.3) is 0 Å². The summed E-state index contributed by atoms with van der Waals surface area (Å²) in [6.07, 6.45) is -0.429. The molecule has 0 radical (unpaired) electrons. The Hall–Kier alpha value is -0.880. The highest BCUT2D eigenvalue weighted by Gasteiger charge is 2.07. The Morgan fingerprint density at radius 1 is 1.60 bits per heavy atom. The van der Waals surface area contributed by atoms with Gasteiger partial charge in [0.25, 0.3) is 6.43 Å². The maximum absolute atomic E-state index is 11.6. The van der Waals surface area contributed by atoms with Crippen LogP contribution < -0.4 is 0 Å². The molecule has 6 heteroatoms. The summed E-state index contributed by atoms with van der Waals surface area (Å²) >= 11 is 1.40. The Bertz CT molecular complexity index is 290. The first-order valence-corrected chi connectivity index (χ1v) is 5.32. The van der Waals surface area contributed by atoms with Gasteiger partial charge < -0.3 is 4.74 Å². The van der Waals surface area contributed by atoms with Gasteiger partial charge in [-0.2, -0.15) is 0 Å². The van der Waals surface area contributed by atoms with Crippen molar-refractivity contribution < 1.29 is 18.3 Å². The average Bonchev–Trinajstić information content (AvgIpc) is 2.64. The summed E-state index contributed by atoms with van der Waals surface area (Å²) in [5.74, 6) is -0.0424. The minimum absolute atomic E-state index is 0.0424. The molecule has 1 aromatic heterocycles. The van der Waals surface area contributed by atoms with Crippen LogP contribution in [0.2, 0.25) is 0 Å². The van der Waals surface area contributed by atoms with Crippen LogP contribution in [-0.4, -0.2) is 30.4 Å². The van der Waals surface area contributed by atoms with E-state index in [1.807, 2.05) is 0 Å². The number of carbonyl (C=O) groups excluding carboxylic acids is 1. The number of ketones is 1. The number of hydrogen-bond acceptors (Lipinski definition) is 4. The molecule has 0 saturated carbocycles. The summed E-state index contributed by atoms with van der Waals surface area (Å²) in [5.41, 5.74) is 0. The van der Waals surface area contributed by atoms with E-state index in [0.29, 0.717) is 0 Å². The molecule has 0 spiro atoms. The summed E-state index contributed by atoms with van der Waals surface area (Å²) in [6, 6.07) is 0. The van der Waals surface area contributed by atoms with Gasteiger partial charge in [0, 0.05) is 18.0 Å². The normalized spacial score (nSPS) is 10.9. The molecule has 15 heavy (non-hydrogen) atoms. The SMILES string of the molecule is O=C(CCOCC(F)F)Cc1nccs1. The largest absolute Gasteiger partial charge is 0.375 e. The van der Waals surface area contributed by atoms with E-state index < -0.39 is 13.0 Å². The van der Waals surface area contributed by atoms with E-state index in [4.69, 9.17) is 0 Å². The Balaban J connectivity index is 2.09. The maximum Gasteiger partial charge on any atom is 0.261 e. The number of carbonyl (C=O) groups is 1. The predicted molar refractivity (Wildman–Crippen MR) is 52.3 cm³/mol. The smallest absolute Gasteiger partial charge is 0.261 e. The Morgan fingerprint density at radius 3 is 3.00 bits per heavy atom. The molecule has 0 atom stereocenters. The van der Waals surface area contributed by atoms with Gasteiger partial charge in [-0.25, -0.2) is 13.8 Å². The van der Waals surface area contributed by atoms with E-state index in [-0.39, 0.29) is 25.2 Å². The fourth-order valence-electron chi connectivity index (χ4n) is 0.956. The number of nitrogens with zero attached hydrogens (tertiary/aromatic N) is 1. The van der Waals surface area contributed by atoms with Crippen LogP contribution in [0.5, 0.6) is 0 Å². The number of aromatic nitrogens is 1. The zero-order valence-corrected chi connectivity index (χ0v) is 8.80. The number of rotatable bonds is 7. The first-order chi connectivity index (χ1) is 7.18. The van der Waals surface area contributed by atoms with Crippen molar-refractivity contribution in [2.24, 2.45) is 0 Å². The predicted octanol–water partition coefficient (Wildman–Crippen LogP) is 1.93. The van der Waals surface area contributed by atoms with Crippen LogP contribution in [-0.2, 0) is 16.0 Å². The number of thiazole rings is 1. The Labute approximate surface area is 90.1 Å². The third kappa shape index (κ3) is 5.54. The van der Waals surface area contributed by atoms with Gasteiger partial charge >= 0.3 is 0 Å². The molecule has 1 aromatic rings. The standard InChI is InChI=1S/C9H11F2NO2S/c10-8(11)6-14-3-1-7(13)5-9-12-2-4-15-9/h2,4,8H,1,3,5-6H2. The van der Waals surface area contributed by atoms with Crippen LogP contribution in [0, 0.1) is 0 Å². The Kier molecular flexibility index (Phi) is 5.34. The quantitative estimate of drug-likeness (QED) is 0.678. The molecule has 0 aliphatic rings. The average molecular weight is 235 g/mol. The first kappa shape index (κ1) is 12.2. The maximum atomic E-state index is 11.6. The van der Waals surface area contributed by atoms with Gasteiger partial charge in [-0.3, -0.25) is 4.79 Å². The van der Waals surface area contributed by atoms with Crippen molar-refractivity contribution in [3.8, 4) is 0 Å². The van der Waals surface area contributed by atoms with Crippen molar-refractivity contribution in [1.29, 1.82) is 0 Å². The minimum atomic E-state index is -2.47. The molecular formula is C9H11F2NO2S. The lowest BCUT2D eigenvalue weighted by atomic mass is 10.2. The molecule has 0 N–H and O–H groups in total. The molecule has 0 aliphatic carbocycles. The molecular weight excluding hydrogens is 224 g/mol. The number of Topliss-reactive ketones (excluding diaryl/α,β-unsaturated/α-hetero) is 1. The van der Waals surface area contributed by atoms with E-state index in [0.717, 1.165) is 5.01 Å². The summed E-state index contributed by atoms with van der Waals surface area (Å²) in [4.78, 5) is 15.2. The van der Waals surface area contributed by atoms with Crippen LogP contribution in [0.3, 0.4) is 0 Å². The molecule has 84 valence electrons. The van der Waals surface area contributed by atoms with Crippen molar-refractivity contribution in [2.45, 2.75) is 19.3 Å². The zero-order valence-electron chi connectivity index (χ0n) is 7.99. The summed E-state index contributed by atoms with van der Waals surface area (Å²) < 4.78 is 27.9. The highest BCUT2D eigenvalue weighted by molar-refractivity contribution is 7.09. The fraction of sp³-hybridized carbons (Fsp3) is 0.556. The molecule has 1 rings (SSSR count). The van der Waals surface area contributed by atoms with Gasteiger partial charge in [-0.1, -0.05) is 0 Å². The van der Waals surface area contributed by atoms with Gasteiger partial charge in [-0.15, -0.1) is 11.3 Å². The lowest BCUT2D eigenvalue weighted by molar-refractivity contribution is -0.119. The molecule has 0 fully saturated rings. The van der Waals surface area contributed by atoms with Crippen molar-refractivity contribution in [3.05, 3.63) is 16.6 Å². The van der Waals surface area contributed by atoms with Crippen LogP contribution >= 0.6 is 11.3 Å². The first-order valence-electron chi connectivity index (χ1n) is 4.44. The van der Waals surface area contributed by atoms with E-state index in [2.05, 4.69) is 9.72 Å². The van der Waals surface area contributed by atoms with Gasteiger partial charge in [0.2, 0.25) is 0 Å². The van der Waals surface area contributed by atoms with E-state index in [1.54, 1.807) is 11.6 Å². The second kappa shape index (κ2) is 6.58. The summed E-state index contributed by atoms with van der Waals surface area (Å²) in [5, 5.41) is 2.53.